The Hall–Kier alpha value is -4.38. The molecular weight excluding hydrogens is 424 g/mol. The third kappa shape index (κ3) is 3.33. The van der Waals surface area contributed by atoms with E-state index in [0.717, 1.165) is 38.5 Å². The number of phenolic OH excluding ortho intramolecular Hbond substituents is 1. The SMILES string of the molecule is CC(c1ccc2oc3ccccc3c2c1)n1c[n+](CC(=O)c2ccc(O)cc2)c2ccccc21. The number of Topliss-reactive ketones (excluding diaryl/α,β-unsaturated/α-hetero) is 1. The van der Waals surface area contributed by atoms with Crippen molar-refractivity contribution < 1.29 is 18.9 Å². The van der Waals surface area contributed by atoms with Crippen molar-refractivity contribution in [2.45, 2.75) is 19.5 Å². The maximum atomic E-state index is 12.9. The molecule has 0 aliphatic carbocycles. The topological polar surface area (TPSA) is 59.2 Å². The van der Waals surface area contributed by atoms with E-state index < -0.39 is 0 Å². The van der Waals surface area contributed by atoms with E-state index in [1.165, 1.54) is 0 Å². The van der Waals surface area contributed by atoms with Crippen molar-refractivity contribution in [2.24, 2.45) is 0 Å². The van der Waals surface area contributed by atoms with Crippen molar-refractivity contribution in [2.75, 3.05) is 0 Å². The van der Waals surface area contributed by atoms with Gasteiger partial charge in [-0.3, -0.25) is 4.79 Å². The molecule has 0 radical (unpaired) electrons. The lowest BCUT2D eigenvalue weighted by molar-refractivity contribution is -0.658. The molecule has 0 bridgehead atoms. The molecule has 5 heteroatoms. The molecule has 0 fully saturated rings. The zero-order valence-corrected chi connectivity index (χ0v) is 18.7. The summed E-state index contributed by atoms with van der Waals surface area (Å²) >= 11 is 0. The van der Waals surface area contributed by atoms with Crippen LogP contribution in [-0.2, 0) is 6.54 Å². The molecule has 1 N–H and O–H groups in total. The van der Waals surface area contributed by atoms with Gasteiger partial charge in [0.1, 0.15) is 23.0 Å². The summed E-state index contributed by atoms with van der Waals surface area (Å²) in [5.41, 5.74) is 5.56. The summed E-state index contributed by atoms with van der Waals surface area (Å²) < 4.78 is 10.2. The van der Waals surface area contributed by atoms with Crippen molar-refractivity contribution in [1.29, 1.82) is 0 Å². The minimum atomic E-state index is -0.00755. The van der Waals surface area contributed by atoms with E-state index in [2.05, 4.69) is 35.8 Å². The van der Waals surface area contributed by atoms with Crippen LogP contribution in [0.1, 0.15) is 28.9 Å². The van der Waals surface area contributed by atoms with Crippen molar-refractivity contribution in [3.63, 3.8) is 0 Å². The number of phenols is 1. The van der Waals surface area contributed by atoms with E-state index in [0.29, 0.717) is 5.56 Å². The van der Waals surface area contributed by atoms with Gasteiger partial charge in [0.25, 0.3) is 0 Å². The predicted octanol–water partition coefficient (Wildman–Crippen LogP) is 6.03. The van der Waals surface area contributed by atoms with Gasteiger partial charge in [-0.15, -0.1) is 0 Å². The Balaban J connectivity index is 1.40. The van der Waals surface area contributed by atoms with Gasteiger partial charge in [-0.05, 0) is 67.1 Å². The molecule has 6 rings (SSSR count). The van der Waals surface area contributed by atoms with E-state index in [1.807, 2.05) is 53.4 Å². The first-order valence-corrected chi connectivity index (χ1v) is 11.3. The number of aromatic nitrogens is 2. The summed E-state index contributed by atoms with van der Waals surface area (Å²) in [6, 6.07) is 29.0. The minimum Gasteiger partial charge on any atom is -0.508 e. The van der Waals surface area contributed by atoms with Crippen LogP contribution < -0.4 is 4.57 Å². The van der Waals surface area contributed by atoms with Gasteiger partial charge in [0.2, 0.25) is 12.1 Å². The van der Waals surface area contributed by atoms with Crippen LogP contribution >= 0.6 is 0 Å². The average molecular weight is 448 g/mol. The van der Waals surface area contributed by atoms with Gasteiger partial charge in [-0.25, -0.2) is 9.13 Å². The number of rotatable bonds is 5. The minimum absolute atomic E-state index is 0.00755. The summed E-state index contributed by atoms with van der Waals surface area (Å²) in [4.78, 5) is 12.9. The maximum Gasteiger partial charge on any atom is 0.245 e. The number of aromatic hydroxyl groups is 1. The summed E-state index contributed by atoms with van der Waals surface area (Å²) in [5.74, 6) is 0.142. The molecule has 0 saturated carbocycles. The first kappa shape index (κ1) is 20.2. The number of para-hydroxylation sites is 3. The molecule has 0 saturated heterocycles. The quantitative estimate of drug-likeness (QED) is 0.259. The normalized spacial score (nSPS) is 12.5. The summed E-state index contributed by atoms with van der Waals surface area (Å²) in [6.45, 7) is 2.39. The summed E-state index contributed by atoms with van der Waals surface area (Å²) in [6.07, 6.45) is 2.02. The Kier molecular flexibility index (Phi) is 4.69. The number of fused-ring (bicyclic) bond motifs is 4. The number of carbonyl (C=O) groups excluding carboxylic acids is 1. The zero-order chi connectivity index (χ0) is 23.2. The van der Waals surface area contributed by atoms with Crippen LogP contribution in [-0.4, -0.2) is 15.5 Å². The number of hydrogen-bond donors (Lipinski definition) is 1. The Morgan fingerprint density at radius 3 is 2.50 bits per heavy atom. The van der Waals surface area contributed by atoms with Crippen molar-refractivity contribution in [3.05, 3.63) is 108 Å². The lowest BCUT2D eigenvalue weighted by Crippen LogP contribution is -2.37. The molecule has 0 aliphatic heterocycles. The fourth-order valence-electron chi connectivity index (χ4n) is 4.69. The molecule has 0 aliphatic rings. The largest absolute Gasteiger partial charge is 0.508 e. The molecule has 4 aromatic carbocycles. The number of carbonyl (C=O) groups is 1. The van der Waals surface area contributed by atoms with Gasteiger partial charge < -0.3 is 9.52 Å². The highest BCUT2D eigenvalue weighted by molar-refractivity contribution is 6.05. The van der Waals surface area contributed by atoms with Crippen molar-refractivity contribution in [3.8, 4) is 5.75 Å². The molecule has 0 spiro atoms. The predicted molar refractivity (Wildman–Crippen MR) is 132 cm³/mol. The molecular formula is C29H23N2O3+. The molecule has 166 valence electrons. The first-order chi connectivity index (χ1) is 16.6. The molecule has 1 atom stereocenters. The second-order valence-electron chi connectivity index (χ2n) is 8.64. The van der Waals surface area contributed by atoms with Crippen molar-refractivity contribution >= 4 is 38.8 Å². The highest BCUT2D eigenvalue weighted by atomic mass is 16.3. The molecule has 0 amide bonds. The maximum absolute atomic E-state index is 12.9. The second-order valence-corrected chi connectivity index (χ2v) is 8.64. The van der Waals surface area contributed by atoms with Gasteiger partial charge in [0.05, 0.1) is 0 Å². The number of imidazole rings is 1. The van der Waals surface area contributed by atoms with E-state index in [9.17, 15) is 9.90 Å². The highest BCUT2D eigenvalue weighted by Crippen LogP contribution is 2.32. The molecule has 34 heavy (non-hydrogen) atoms. The van der Waals surface area contributed by atoms with Crippen molar-refractivity contribution in [1.82, 2.24) is 4.57 Å². The number of ketones is 1. The van der Waals surface area contributed by atoms with Crippen LogP contribution in [0.15, 0.2) is 102 Å². The Morgan fingerprint density at radius 2 is 1.65 bits per heavy atom. The number of benzene rings is 4. The molecule has 2 aromatic heterocycles. The molecule has 2 heterocycles. The fourth-order valence-corrected chi connectivity index (χ4v) is 4.69. The van der Waals surface area contributed by atoms with Crippen LogP contribution in [0, 0.1) is 0 Å². The first-order valence-electron chi connectivity index (χ1n) is 11.3. The number of nitrogens with zero attached hydrogens (tertiary/aromatic N) is 2. The third-order valence-electron chi connectivity index (χ3n) is 6.54. The lowest BCUT2D eigenvalue weighted by Gasteiger charge is -2.09. The Labute approximate surface area is 196 Å². The number of furan rings is 1. The van der Waals surface area contributed by atoms with E-state index in [1.54, 1.807) is 24.3 Å². The Bertz CT molecular complexity index is 1680. The lowest BCUT2D eigenvalue weighted by atomic mass is 10.0. The highest BCUT2D eigenvalue weighted by Gasteiger charge is 2.23. The van der Waals surface area contributed by atoms with Crippen LogP contribution in [0.4, 0.5) is 0 Å². The average Bonchev–Trinajstić information content (AvgIpc) is 3.42. The smallest absolute Gasteiger partial charge is 0.245 e. The van der Waals surface area contributed by atoms with Crippen LogP contribution in [0.25, 0.3) is 33.0 Å². The van der Waals surface area contributed by atoms with Gasteiger partial charge in [-0.1, -0.05) is 36.4 Å². The van der Waals surface area contributed by atoms with Gasteiger partial charge in [-0.2, -0.15) is 0 Å². The third-order valence-corrected chi connectivity index (χ3v) is 6.54. The van der Waals surface area contributed by atoms with Gasteiger partial charge in [0, 0.05) is 16.3 Å². The van der Waals surface area contributed by atoms with E-state index in [4.69, 9.17) is 4.42 Å². The molecule has 6 aromatic rings. The molecule has 1 unspecified atom stereocenters. The fraction of sp³-hybridized carbons (Fsp3) is 0.103. The number of hydrogen-bond acceptors (Lipinski definition) is 3. The summed E-state index contributed by atoms with van der Waals surface area (Å²) in [7, 11) is 0. The van der Waals surface area contributed by atoms with Crippen LogP contribution in [0.5, 0.6) is 5.75 Å². The second kappa shape index (κ2) is 7.89. The Morgan fingerprint density at radius 1 is 0.912 bits per heavy atom. The zero-order valence-electron chi connectivity index (χ0n) is 18.7. The van der Waals surface area contributed by atoms with Crippen LogP contribution in [0.3, 0.4) is 0 Å². The van der Waals surface area contributed by atoms with E-state index in [-0.39, 0.29) is 24.1 Å². The van der Waals surface area contributed by atoms with E-state index >= 15 is 0 Å². The monoisotopic (exact) mass is 447 g/mol. The van der Waals surface area contributed by atoms with Gasteiger partial charge in [0.15, 0.2) is 17.6 Å². The summed E-state index contributed by atoms with van der Waals surface area (Å²) in [5, 5.41) is 11.7. The van der Waals surface area contributed by atoms with Gasteiger partial charge >= 0.3 is 0 Å². The standard InChI is InChI=1S/C29H22N2O3/c1-19(21-12-15-29-24(16-21)23-6-2-5-9-28(23)34-29)31-18-30(25-7-3-4-8-26(25)31)17-27(33)20-10-13-22(32)14-11-20/h2-16,18-19H,17H2,1H3/p+1. The molecule has 5 nitrogen and oxygen atoms in total. The van der Waals surface area contributed by atoms with Crippen LogP contribution in [0.2, 0.25) is 0 Å².